The molecule has 3 heterocycles. The van der Waals surface area contributed by atoms with Crippen molar-refractivity contribution in [1.29, 1.82) is 0 Å². The lowest BCUT2D eigenvalue weighted by atomic mass is 9.78. The number of para-hydroxylation sites is 1. The Morgan fingerprint density at radius 1 is 0.470 bits per heavy atom. The van der Waals surface area contributed by atoms with E-state index in [4.69, 9.17) is 28.9 Å². The minimum Gasteiger partial charge on any atom is -0.458 e. The molecular formula is C78H76N4O. The van der Waals surface area contributed by atoms with E-state index < -0.39 is 85.0 Å². The standard InChI is InChI=1S/C78H76N4O/c1-50-36-66(52-24-17-15-18-25-52)74(67(37-50)56-41-59(77(9,10)11)45-60(42-56)78(12,13)14)81-49-80(72-43-54(32-35-70(72)81)55-39-57(75(3,4)5)44-58(40-55)76(6,7)8)61-28-23-29-62(46-61)83-63-33-34-65-64-30-21-22-31-69(64)82(71(65)47-63)73-38-51(2)68(48-79-73)53-26-19-16-20-27-53/h15-48H,1-14H3/i1D3,2D3,15D,16D,17D,18D,19D,20D,24D,25D,26D,27D. The maximum atomic E-state index is 9.55. The Balaban J connectivity index is 1.11. The SMILES string of the molecule is [2H]c1c([2H])c([2H])c(-c2cnc(-n3c4ccccc4c4ccc(Oc5cccc(-n6[c-][n+](-c7c(-c8cc(C(C)(C)C)cc(C(C)(C)C)c8)cc(C([2H])([2H])[2H])cc7-c7c([2H])c([2H])c([2H])c([2H])c7[2H])c7ccc(-c8cc(C(C)(C)C)cc(C(C)(C)C)c8)cc76)c5)cc43)cc2C([2H])([2H])[2H])c([2H])c1[2H]. The second-order valence-corrected chi connectivity index (χ2v) is 25.7. The van der Waals surface area contributed by atoms with Crippen LogP contribution in [0, 0.1) is 20.0 Å². The van der Waals surface area contributed by atoms with Crippen molar-refractivity contribution in [2.45, 2.75) is 118 Å². The molecule has 12 rings (SSSR count). The maximum Gasteiger partial charge on any atom is 0.269 e. The van der Waals surface area contributed by atoms with Gasteiger partial charge in [0.15, 0.2) is 0 Å². The Morgan fingerprint density at radius 2 is 1.05 bits per heavy atom. The van der Waals surface area contributed by atoms with E-state index in [-0.39, 0.29) is 50.0 Å². The van der Waals surface area contributed by atoms with Gasteiger partial charge >= 0.3 is 0 Å². The Bertz CT molecular complexity index is 5200. The molecule has 0 aliphatic rings. The highest BCUT2D eigenvalue weighted by Crippen LogP contribution is 2.42. The normalized spacial score (nSPS) is 15.5. The fraction of sp³-hybridized carbons (Fsp3) is 0.231. The predicted octanol–water partition coefficient (Wildman–Crippen LogP) is 20.5. The van der Waals surface area contributed by atoms with Gasteiger partial charge in [-0.15, -0.1) is 0 Å². The zero-order chi connectivity index (χ0) is 72.0. The van der Waals surface area contributed by atoms with Crippen LogP contribution in [0.5, 0.6) is 11.5 Å². The van der Waals surface area contributed by atoms with Crippen LogP contribution in [0.3, 0.4) is 0 Å². The van der Waals surface area contributed by atoms with Crippen molar-refractivity contribution in [3.05, 3.63) is 246 Å². The molecule has 0 aliphatic heterocycles. The van der Waals surface area contributed by atoms with Crippen molar-refractivity contribution in [2.75, 3.05) is 0 Å². The third-order valence-corrected chi connectivity index (χ3v) is 15.6. The molecule has 0 unspecified atom stereocenters. The third kappa shape index (κ3) is 10.6. The zero-order valence-corrected chi connectivity index (χ0v) is 49.1. The van der Waals surface area contributed by atoms with Crippen LogP contribution in [0.2, 0.25) is 0 Å². The van der Waals surface area contributed by atoms with Crippen LogP contribution in [-0.4, -0.2) is 14.1 Å². The summed E-state index contributed by atoms with van der Waals surface area (Å²) < 4.78 is 154. The molecule has 0 amide bonds. The molecule has 5 nitrogen and oxygen atoms in total. The number of aryl methyl sites for hydroxylation is 2. The molecule has 0 saturated heterocycles. The number of rotatable bonds is 9. The highest BCUT2D eigenvalue weighted by atomic mass is 16.5. The number of benzene rings is 9. The van der Waals surface area contributed by atoms with E-state index in [9.17, 15) is 2.74 Å². The van der Waals surface area contributed by atoms with Crippen LogP contribution in [-0.2, 0) is 21.7 Å². The summed E-state index contributed by atoms with van der Waals surface area (Å²) >= 11 is 0. The predicted molar refractivity (Wildman–Crippen MR) is 348 cm³/mol. The van der Waals surface area contributed by atoms with Gasteiger partial charge in [0.2, 0.25) is 0 Å². The second kappa shape index (κ2) is 20.6. The number of pyridine rings is 1. The molecule has 0 radical (unpaired) electrons. The molecule has 0 aliphatic carbocycles. The summed E-state index contributed by atoms with van der Waals surface area (Å²) in [5, 5.41) is 1.60. The van der Waals surface area contributed by atoms with Gasteiger partial charge < -0.3 is 4.74 Å². The average molecular weight is 1100 g/mol. The summed E-state index contributed by atoms with van der Waals surface area (Å²) in [7, 11) is 0. The summed E-state index contributed by atoms with van der Waals surface area (Å²) in [6.45, 7) is 20.2. The molecule has 9 aromatic carbocycles. The number of hydrogen-bond acceptors (Lipinski definition) is 2. The number of hydrogen-bond donors (Lipinski definition) is 0. The van der Waals surface area contributed by atoms with Crippen LogP contribution >= 0.6 is 0 Å². The monoisotopic (exact) mass is 1100 g/mol. The Kier molecular flexibility index (Phi) is 9.62. The maximum absolute atomic E-state index is 9.55. The lowest BCUT2D eigenvalue weighted by Gasteiger charge is -2.27. The Morgan fingerprint density at radius 3 is 1.66 bits per heavy atom. The first-order chi connectivity index (χ1) is 46.0. The molecule has 83 heavy (non-hydrogen) atoms. The van der Waals surface area contributed by atoms with E-state index in [0.29, 0.717) is 56.1 Å². The fourth-order valence-electron chi connectivity index (χ4n) is 10.9. The molecule has 12 aromatic rings. The first kappa shape index (κ1) is 38.8. The van der Waals surface area contributed by atoms with Gasteiger partial charge in [0.25, 0.3) is 6.33 Å². The highest BCUT2D eigenvalue weighted by Gasteiger charge is 2.27. The molecule has 5 heteroatoms. The minimum absolute atomic E-state index is 0.0749. The van der Waals surface area contributed by atoms with Gasteiger partial charge in [0.05, 0.1) is 47.1 Å². The largest absolute Gasteiger partial charge is 0.458 e. The van der Waals surface area contributed by atoms with E-state index in [1.54, 1.807) is 16.7 Å². The van der Waals surface area contributed by atoms with Gasteiger partial charge in [0, 0.05) is 36.8 Å². The van der Waals surface area contributed by atoms with Gasteiger partial charge in [-0.05, 0) is 151 Å². The van der Waals surface area contributed by atoms with E-state index in [0.717, 1.165) is 44.2 Å². The van der Waals surface area contributed by atoms with Gasteiger partial charge in [-0.2, -0.15) is 0 Å². The van der Waals surface area contributed by atoms with Gasteiger partial charge in [-0.1, -0.05) is 234 Å². The fourth-order valence-corrected chi connectivity index (χ4v) is 10.9. The molecule has 0 spiro atoms. The summed E-state index contributed by atoms with van der Waals surface area (Å²) in [5.74, 6) is 0.965. The minimum atomic E-state index is -2.82. The number of imidazole rings is 1. The molecule has 414 valence electrons. The van der Waals surface area contributed by atoms with Crippen molar-refractivity contribution in [2.24, 2.45) is 0 Å². The number of fused-ring (bicyclic) bond motifs is 4. The molecule has 0 fully saturated rings. The van der Waals surface area contributed by atoms with Crippen molar-refractivity contribution in [3.8, 4) is 73.2 Å². The van der Waals surface area contributed by atoms with E-state index in [1.165, 1.54) is 18.3 Å². The molecule has 3 aromatic heterocycles. The van der Waals surface area contributed by atoms with Crippen molar-refractivity contribution >= 4 is 32.8 Å². The van der Waals surface area contributed by atoms with Crippen LogP contribution in [0.15, 0.2) is 206 Å². The topological polar surface area (TPSA) is 35.9 Å². The van der Waals surface area contributed by atoms with Gasteiger partial charge in [-0.25, -0.2) is 4.98 Å². The highest BCUT2D eigenvalue weighted by molar-refractivity contribution is 6.09. The number of aromatic nitrogens is 4. The summed E-state index contributed by atoms with van der Waals surface area (Å²) in [4.78, 5) is 4.77. The van der Waals surface area contributed by atoms with Gasteiger partial charge in [-0.3, -0.25) is 13.7 Å². The van der Waals surface area contributed by atoms with Crippen LogP contribution < -0.4 is 9.30 Å². The first-order valence-electron chi connectivity index (χ1n) is 36.0. The molecular weight excluding hydrogens is 1010 g/mol. The van der Waals surface area contributed by atoms with Crippen molar-refractivity contribution < 1.29 is 31.2 Å². The van der Waals surface area contributed by atoms with E-state index in [2.05, 4.69) is 120 Å². The lowest BCUT2D eigenvalue weighted by Crippen LogP contribution is -2.31. The quantitative estimate of drug-likeness (QED) is 0.107. The van der Waals surface area contributed by atoms with Crippen molar-refractivity contribution in [1.82, 2.24) is 14.1 Å². The van der Waals surface area contributed by atoms with E-state index in [1.807, 2.05) is 94.1 Å². The van der Waals surface area contributed by atoms with Crippen LogP contribution in [0.4, 0.5) is 0 Å². The third-order valence-electron chi connectivity index (χ3n) is 15.6. The Labute approximate surface area is 514 Å². The molecule has 0 bridgehead atoms. The molecule has 0 N–H and O–H groups in total. The first-order valence-corrected chi connectivity index (χ1v) is 28.0. The number of ether oxygens (including phenoxy) is 1. The second-order valence-electron chi connectivity index (χ2n) is 25.7. The zero-order valence-electron chi connectivity index (χ0n) is 65.1. The molecule has 0 saturated carbocycles. The summed E-state index contributed by atoms with van der Waals surface area (Å²) in [5.41, 5.74) is 8.32. The Hall–Kier alpha value is -8.80. The summed E-state index contributed by atoms with van der Waals surface area (Å²) in [6, 6.07) is 38.2. The molecule has 0 atom stereocenters. The average Bonchev–Trinajstić information content (AvgIpc) is 1.69. The van der Waals surface area contributed by atoms with Gasteiger partial charge in [0.1, 0.15) is 17.3 Å². The number of nitrogens with zero attached hydrogens (tertiary/aromatic N) is 4. The van der Waals surface area contributed by atoms with Crippen LogP contribution in [0.1, 0.15) is 138 Å². The lowest BCUT2D eigenvalue weighted by molar-refractivity contribution is -0.571. The van der Waals surface area contributed by atoms with Crippen LogP contribution in [0.25, 0.3) is 94.5 Å². The van der Waals surface area contributed by atoms with Crippen molar-refractivity contribution in [3.63, 3.8) is 0 Å². The smallest absolute Gasteiger partial charge is 0.269 e. The van der Waals surface area contributed by atoms with E-state index >= 15 is 0 Å². The summed E-state index contributed by atoms with van der Waals surface area (Å²) in [6.07, 6.45) is 4.95.